The van der Waals surface area contributed by atoms with Gasteiger partial charge in [0, 0.05) is 12.1 Å². The summed E-state index contributed by atoms with van der Waals surface area (Å²) in [5.74, 6) is 0.644. The largest absolute Gasteiger partial charge is 0.507 e. The predicted octanol–water partition coefficient (Wildman–Crippen LogP) is 3.64. The van der Waals surface area contributed by atoms with E-state index in [1.54, 1.807) is 0 Å². The molecular weight excluding hydrogens is 268 g/mol. The zero-order valence-electron chi connectivity index (χ0n) is 12.4. The lowest BCUT2D eigenvalue weighted by atomic mass is 9.96. The molecule has 2 aromatic rings. The normalized spacial score (nSPS) is 15.8. The fourth-order valence-electron chi connectivity index (χ4n) is 2.69. The van der Waals surface area contributed by atoms with Gasteiger partial charge in [-0.1, -0.05) is 13.3 Å². The van der Waals surface area contributed by atoms with Crippen molar-refractivity contribution in [3.8, 4) is 11.5 Å². The molecule has 0 bridgehead atoms. The lowest BCUT2D eigenvalue weighted by Crippen LogP contribution is -2.27. The third kappa shape index (κ3) is 2.31. The summed E-state index contributed by atoms with van der Waals surface area (Å²) in [4.78, 5) is 11.7. The highest BCUT2D eigenvalue weighted by Crippen LogP contribution is 2.43. The van der Waals surface area contributed by atoms with Gasteiger partial charge in [-0.2, -0.15) is 0 Å². The van der Waals surface area contributed by atoms with Gasteiger partial charge >= 0.3 is 5.63 Å². The molecule has 4 nitrogen and oxygen atoms in total. The zero-order valence-corrected chi connectivity index (χ0v) is 12.4. The predicted molar refractivity (Wildman–Crippen MR) is 81.9 cm³/mol. The van der Waals surface area contributed by atoms with E-state index in [4.69, 9.17) is 9.15 Å². The van der Waals surface area contributed by atoms with Crippen LogP contribution < -0.4 is 10.4 Å². The molecule has 1 aliphatic heterocycles. The topological polar surface area (TPSA) is 59.7 Å². The number of hydrogen-bond acceptors (Lipinski definition) is 4. The number of fused-ring (bicyclic) bond motifs is 3. The Balaban J connectivity index is 2.40. The summed E-state index contributed by atoms with van der Waals surface area (Å²) in [7, 11) is 0. The molecule has 0 amide bonds. The second-order valence-corrected chi connectivity index (χ2v) is 5.89. The summed E-state index contributed by atoms with van der Waals surface area (Å²) in [6.07, 6.45) is 5.42. The monoisotopic (exact) mass is 286 g/mol. The molecule has 0 saturated heterocycles. The van der Waals surface area contributed by atoms with E-state index in [9.17, 15) is 9.90 Å². The molecule has 110 valence electrons. The molecular formula is C17H18O4. The maximum absolute atomic E-state index is 11.7. The van der Waals surface area contributed by atoms with Gasteiger partial charge in [0.05, 0.1) is 10.9 Å². The standard InChI is InChI=1S/C17H18O4/c1-4-5-10-8-14(19)20-13-9-12(18)11-6-7-17(2,3)21-16(11)15(10)13/h6-9,18H,4-5H2,1-3H3. The number of aryl methyl sites for hydroxylation is 1. The number of phenolic OH excluding ortho intramolecular Hbond substituents is 1. The Morgan fingerprint density at radius 3 is 2.76 bits per heavy atom. The molecule has 0 aliphatic carbocycles. The van der Waals surface area contributed by atoms with Crippen LogP contribution in [0, 0.1) is 0 Å². The van der Waals surface area contributed by atoms with Crippen molar-refractivity contribution in [1.82, 2.24) is 0 Å². The van der Waals surface area contributed by atoms with Crippen LogP contribution in [0.4, 0.5) is 0 Å². The quantitative estimate of drug-likeness (QED) is 0.856. The average Bonchev–Trinajstić information content (AvgIpc) is 2.36. The molecule has 2 heterocycles. The van der Waals surface area contributed by atoms with Crippen molar-refractivity contribution in [2.24, 2.45) is 0 Å². The van der Waals surface area contributed by atoms with Gasteiger partial charge in [0.15, 0.2) is 0 Å². The van der Waals surface area contributed by atoms with Crippen LogP contribution in [0.15, 0.2) is 27.4 Å². The van der Waals surface area contributed by atoms with E-state index in [2.05, 4.69) is 6.92 Å². The second-order valence-electron chi connectivity index (χ2n) is 5.89. The number of aromatic hydroxyl groups is 1. The first-order valence-corrected chi connectivity index (χ1v) is 7.12. The number of hydrogen-bond donors (Lipinski definition) is 1. The Kier molecular flexibility index (Phi) is 3.04. The Labute approximate surface area is 122 Å². The first-order chi connectivity index (χ1) is 9.91. The summed E-state index contributed by atoms with van der Waals surface area (Å²) in [5.41, 5.74) is 1.02. The number of ether oxygens (including phenoxy) is 1. The van der Waals surface area contributed by atoms with Gasteiger partial charge in [-0.15, -0.1) is 0 Å². The smallest absolute Gasteiger partial charge is 0.336 e. The average molecular weight is 286 g/mol. The number of benzene rings is 1. The van der Waals surface area contributed by atoms with E-state index in [1.165, 1.54) is 12.1 Å². The molecule has 1 aromatic heterocycles. The third-order valence-electron chi connectivity index (χ3n) is 3.62. The van der Waals surface area contributed by atoms with Crippen molar-refractivity contribution in [3.63, 3.8) is 0 Å². The summed E-state index contributed by atoms with van der Waals surface area (Å²) < 4.78 is 11.3. The molecule has 0 spiro atoms. The Hall–Kier alpha value is -2.23. The minimum absolute atomic E-state index is 0.0565. The van der Waals surface area contributed by atoms with Gasteiger partial charge in [-0.25, -0.2) is 4.79 Å². The minimum Gasteiger partial charge on any atom is -0.507 e. The Morgan fingerprint density at radius 1 is 1.29 bits per heavy atom. The highest BCUT2D eigenvalue weighted by molar-refractivity contribution is 5.93. The van der Waals surface area contributed by atoms with Crippen LogP contribution in [-0.2, 0) is 6.42 Å². The van der Waals surface area contributed by atoms with Crippen molar-refractivity contribution in [2.75, 3.05) is 0 Å². The molecule has 3 rings (SSSR count). The van der Waals surface area contributed by atoms with Gasteiger partial charge in [-0.3, -0.25) is 0 Å². The highest BCUT2D eigenvalue weighted by Gasteiger charge is 2.27. The fraction of sp³-hybridized carbons (Fsp3) is 0.353. The van der Waals surface area contributed by atoms with E-state index in [0.717, 1.165) is 23.8 Å². The van der Waals surface area contributed by atoms with Crippen LogP contribution in [0.2, 0.25) is 0 Å². The van der Waals surface area contributed by atoms with Gasteiger partial charge in [0.25, 0.3) is 0 Å². The molecule has 0 saturated carbocycles. The van der Waals surface area contributed by atoms with Crippen LogP contribution in [0.25, 0.3) is 17.0 Å². The molecule has 0 atom stereocenters. The Bertz CT molecular complexity index is 797. The van der Waals surface area contributed by atoms with Crippen LogP contribution in [0.5, 0.6) is 11.5 Å². The third-order valence-corrected chi connectivity index (χ3v) is 3.62. The van der Waals surface area contributed by atoms with Crippen molar-refractivity contribution >= 4 is 17.0 Å². The lowest BCUT2D eigenvalue weighted by Gasteiger charge is -2.29. The van der Waals surface area contributed by atoms with E-state index in [1.807, 2.05) is 26.0 Å². The Morgan fingerprint density at radius 2 is 2.05 bits per heavy atom. The maximum Gasteiger partial charge on any atom is 0.336 e. The van der Waals surface area contributed by atoms with Gasteiger partial charge in [-0.05, 0) is 38.0 Å². The number of phenols is 1. The molecule has 0 fully saturated rings. The van der Waals surface area contributed by atoms with Gasteiger partial charge < -0.3 is 14.3 Å². The lowest BCUT2D eigenvalue weighted by molar-refractivity contribution is 0.160. The van der Waals surface area contributed by atoms with E-state index in [0.29, 0.717) is 16.9 Å². The van der Waals surface area contributed by atoms with Crippen molar-refractivity contribution in [2.45, 2.75) is 39.2 Å². The number of rotatable bonds is 2. The highest BCUT2D eigenvalue weighted by atomic mass is 16.5. The van der Waals surface area contributed by atoms with Crippen molar-refractivity contribution < 1.29 is 14.3 Å². The van der Waals surface area contributed by atoms with Crippen molar-refractivity contribution in [1.29, 1.82) is 0 Å². The van der Waals surface area contributed by atoms with Crippen LogP contribution in [0.1, 0.15) is 38.3 Å². The molecule has 21 heavy (non-hydrogen) atoms. The first kappa shape index (κ1) is 13.7. The summed E-state index contributed by atoms with van der Waals surface area (Å²) in [5, 5.41) is 10.9. The van der Waals surface area contributed by atoms with E-state index in [-0.39, 0.29) is 5.75 Å². The van der Waals surface area contributed by atoms with Gasteiger partial charge in [0.1, 0.15) is 22.7 Å². The molecule has 0 unspecified atom stereocenters. The van der Waals surface area contributed by atoms with Crippen molar-refractivity contribution in [3.05, 3.63) is 39.8 Å². The molecule has 0 radical (unpaired) electrons. The first-order valence-electron chi connectivity index (χ1n) is 7.12. The zero-order chi connectivity index (χ0) is 15.2. The van der Waals surface area contributed by atoms with Gasteiger partial charge in [0.2, 0.25) is 0 Å². The second kappa shape index (κ2) is 4.65. The summed E-state index contributed by atoms with van der Waals surface area (Å²) in [6.45, 7) is 5.94. The van der Waals surface area contributed by atoms with Crippen LogP contribution in [-0.4, -0.2) is 10.7 Å². The molecule has 4 heteroatoms. The van der Waals surface area contributed by atoms with E-state index < -0.39 is 11.2 Å². The SMILES string of the molecule is CCCc1cc(=O)oc2cc(O)c3c(c12)OC(C)(C)C=C3. The summed E-state index contributed by atoms with van der Waals surface area (Å²) in [6, 6.07) is 3.00. The molecule has 1 aromatic carbocycles. The molecule has 1 N–H and O–H groups in total. The minimum atomic E-state index is -0.465. The van der Waals surface area contributed by atoms with E-state index >= 15 is 0 Å². The maximum atomic E-state index is 11.7. The summed E-state index contributed by atoms with van der Waals surface area (Å²) >= 11 is 0. The van der Waals surface area contributed by atoms with Crippen LogP contribution in [0.3, 0.4) is 0 Å². The van der Waals surface area contributed by atoms with Crippen LogP contribution >= 0.6 is 0 Å². The molecule has 1 aliphatic rings. The fourth-order valence-corrected chi connectivity index (χ4v) is 2.69.